The number of halogens is 3. The number of pyridine rings is 1. The molecule has 33 heavy (non-hydrogen) atoms. The molecule has 4 rings (SSSR count). The SMILES string of the molecule is N=C(c1ccc(C(=O)Cc2ccc(Cl)cc2C(=O)Nc2ccc(Cl)cn2)c(F)c1)C1CCC1. The Kier molecular flexibility index (Phi) is 6.86. The van der Waals surface area contributed by atoms with Crippen LogP contribution in [0.1, 0.15) is 51.1 Å². The molecule has 1 heterocycles. The summed E-state index contributed by atoms with van der Waals surface area (Å²) in [6.07, 6.45) is 4.17. The maximum Gasteiger partial charge on any atom is 0.257 e. The highest BCUT2D eigenvalue weighted by atomic mass is 35.5. The molecule has 5 nitrogen and oxygen atoms in total. The Balaban J connectivity index is 1.53. The summed E-state index contributed by atoms with van der Waals surface area (Å²) in [5.41, 5.74) is 1.42. The lowest BCUT2D eigenvalue weighted by Crippen LogP contribution is -2.22. The van der Waals surface area contributed by atoms with E-state index in [9.17, 15) is 14.0 Å². The fraction of sp³-hybridized carbons (Fsp3) is 0.200. The number of aromatic nitrogens is 1. The second-order valence-electron chi connectivity index (χ2n) is 7.95. The third kappa shape index (κ3) is 5.29. The van der Waals surface area contributed by atoms with Crippen LogP contribution in [0.3, 0.4) is 0 Å². The predicted octanol–water partition coefficient (Wildman–Crippen LogP) is 6.37. The van der Waals surface area contributed by atoms with Crippen LogP contribution in [0.25, 0.3) is 0 Å². The first-order valence-electron chi connectivity index (χ1n) is 10.4. The Bertz CT molecular complexity index is 1240. The zero-order valence-corrected chi connectivity index (χ0v) is 19.0. The number of ketones is 1. The highest BCUT2D eigenvalue weighted by molar-refractivity contribution is 6.31. The Morgan fingerprint density at radius 1 is 1.03 bits per heavy atom. The van der Waals surface area contributed by atoms with Crippen molar-refractivity contribution < 1.29 is 14.0 Å². The first-order valence-corrected chi connectivity index (χ1v) is 11.2. The van der Waals surface area contributed by atoms with Gasteiger partial charge in [0.1, 0.15) is 11.6 Å². The maximum absolute atomic E-state index is 14.8. The summed E-state index contributed by atoms with van der Waals surface area (Å²) < 4.78 is 14.8. The fourth-order valence-corrected chi connectivity index (χ4v) is 3.94. The number of hydrogen-bond donors (Lipinski definition) is 2. The molecule has 0 aliphatic heterocycles. The first-order chi connectivity index (χ1) is 15.8. The third-order valence-electron chi connectivity index (χ3n) is 5.73. The van der Waals surface area contributed by atoms with Gasteiger partial charge >= 0.3 is 0 Å². The quantitative estimate of drug-likeness (QED) is 0.302. The Hall–Kier alpha value is -3.09. The molecule has 1 aliphatic rings. The van der Waals surface area contributed by atoms with Crippen LogP contribution < -0.4 is 5.32 Å². The predicted molar refractivity (Wildman–Crippen MR) is 127 cm³/mol. The highest BCUT2D eigenvalue weighted by Crippen LogP contribution is 2.30. The number of hydrogen-bond acceptors (Lipinski definition) is 4. The van der Waals surface area contributed by atoms with Gasteiger partial charge in [-0.3, -0.25) is 9.59 Å². The molecule has 0 unspecified atom stereocenters. The molecule has 1 aliphatic carbocycles. The summed E-state index contributed by atoms with van der Waals surface area (Å²) in [6.45, 7) is 0. The maximum atomic E-state index is 14.8. The average molecular weight is 484 g/mol. The molecule has 0 bridgehead atoms. The van der Waals surface area contributed by atoms with Crippen LogP contribution >= 0.6 is 23.2 Å². The topological polar surface area (TPSA) is 82.9 Å². The van der Waals surface area contributed by atoms with Crippen molar-refractivity contribution in [3.05, 3.63) is 92.8 Å². The van der Waals surface area contributed by atoms with Crippen LogP contribution in [0.2, 0.25) is 10.0 Å². The van der Waals surface area contributed by atoms with E-state index in [0.29, 0.717) is 26.9 Å². The molecule has 3 aromatic rings. The van der Waals surface area contributed by atoms with Crippen molar-refractivity contribution in [2.75, 3.05) is 5.32 Å². The number of nitrogens with one attached hydrogen (secondary N) is 2. The highest BCUT2D eigenvalue weighted by Gasteiger charge is 2.24. The molecule has 1 aromatic heterocycles. The lowest BCUT2D eigenvalue weighted by Gasteiger charge is -2.26. The third-order valence-corrected chi connectivity index (χ3v) is 6.19. The molecule has 8 heteroatoms. The monoisotopic (exact) mass is 483 g/mol. The number of benzene rings is 2. The van der Waals surface area contributed by atoms with E-state index >= 15 is 0 Å². The Morgan fingerprint density at radius 2 is 1.79 bits per heavy atom. The second kappa shape index (κ2) is 9.81. The standard InChI is InChI=1S/C25H20Cl2FN3O2/c26-17-6-4-15(20(12-17)25(33)31-23-9-7-18(27)13-30-23)11-22(32)19-8-5-16(10-21(19)28)24(29)14-2-1-3-14/h4-10,12-14,29H,1-3,11H2,(H,30,31,33). The van der Waals surface area contributed by atoms with Gasteiger partial charge in [-0.1, -0.05) is 41.8 Å². The molecule has 0 atom stereocenters. The largest absolute Gasteiger partial charge is 0.307 e. The molecule has 1 saturated carbocycles. The fourth-order valence-electron chi connectivity index (χ4n) is 3.66. The molecular formula is C25H20Cl2FN3O2. The number of carbonyl (C=O) groups is 2. The average Bonchev–Trinajstić information content (AvgIpc) is 2.75. The second-order valence-corrected chi connectivity index (χ2v) is 8.83. The molecule has 2 N–H and O–H groups in total. The van der Waals surface area contributed by atoms with Gasteiger partial charge in [-0.15, -0.1) is 0 Å². The minimum Gasteiger partial charge on any atom is -0.307 e. The van der Waals surface area contributed by atoms with Crippen LogP contribution in [0.5, 0.6) is 0 Å². The lowest BCUT2D eigenvalue weighted by atomic mass is 9.79. The van der Waals surface area contributed by atoms with Crippen molar-refractivity contribution in [3.63, 3.8) is 0 Å². The van der Waals surface area contributed by atoms with E-state index in [2.05, 4.69) is 10.3 Å². The number of carbonyl (C=O) groups excluding carboxylic acids is 2. The smallest absolute Gasteiger partial charge is 0.257 e. The Labute approximate surface area is 200 Å². The van der Waals surface area contributed by atoms with Crippen molar-refractivity contribution in [1.29, 1.82) is 5.41 Å². The van der Waals surface area contributed by atoms with Gasteiger partial charge in [-0.25, -0.2) is 9.37 Å². The zero-order chi connectivity index (χ0) is 23.5. The van der Waals surface area contributed by atoms with Gasteiger partial charge in [0.25, 0.3) is 5.91 Å². The molecule has 1 fully saturated rings. The van der Waals surface area contributed by atoms with Gasteiger partial charge in [0.2, 0.25) is 0 Å². The van der Waals surface area contributed by atoms with Crippen LogP contribution in [0.4, 0.5) is 10.2 Å². The van der Waals surface area contributed by atoms with E-state index < -0.39 is 17.5 Å². The number of amides is 1. The molecule has 1 amide bonds. The summed E-state index contributed by atoms with van der Waals surface area (Å²) >= 11 is 11.9. The van der Waals surface area contributed by atoms with Gasteiger partial charge in [0, 0.05) is 34.8 Å². The van der Waals surface area contributed by atoms with E-state index in [1.165, 1.54) is 24.4 Å². The summed E-state index contributed by atoms with van der Waals surface area (Å²) in [7, 11) is 0. The molecular weight excluding hydrogens is 464 g/mol. The minimum absolute atomic E-state index is 0.0826. The van der Waals surface area contributed by atoms with Crippen molar-refractivity contribution in [2.45, 2.75) is 25.7 Å². The summed E-state index contributed by atoms with van der Waals surface area (Å²) in [4.78, 5) is 29.7. The van der Waals surface area contributed by atoms with Crippen molar-refractivity contribution in [2.24, 2.45) is 5.92 Å². The summed E-state index contributed by atoms with van der Waals surface area (Å²) in [5, 5.41) is 11.6. The minimum atomic E-state index is -0.674. The summed E-state index contributed by atoms with van der Waals surface area (Å²) in [6, 6.07) is 12.0. The summed E-state index contributed by atoms with van der Waals surface area (Å²) in [5.74, 6) is -1.20. The van der Waals surface area contributed by atoms with Crippen molar-refractivity contribution in [3.8, 4) is 0 Å². The molecule has 0 radical (unpaired) electrons. The van der Waals surface area contributed by atoms with Gasteiger partial charge in [-0.2, -0.15) is 0 Å². The van der Waals surface area contributed by atoms with Crippen molar-refractivity contribution >= 4 is 46.4 Å². The first kappa shape index (κ1) is 23.1. The van der Waals surface area contributed by atoms with Gasteiger partial charge in [-0.05, 0) is 60.4 Å². The van der Waals surface area contributed by atoms with Crippen LogP contribution in [-0.4, -0.2) is 22.4 Å². The number of rotatable bonds is 7. The van der Waals surface area contributed by atoms with Gasteiger partial charge < -0.3 is 10.7 Å². The van der Waals surface area contributed by atoms with E-state index in [4.69, 9.17) is 28.6 Å². The Morgan fingerprint density at radius 3 is 2.42 bits per heavy atom. The number of nitrogens with zero attached hydrogens (tertiary/aromatic N) is 1. The van der Waals surface area contributed by atoms with Crippen molar-refractivity contribution in [1.82, 2.24) is 4.98 Å². The normalized spacial score (nSPS) is 13.3. The molecule has 2 aromatic carbocycles. The lowest BCUT2D eigenvalue weighted by molar-refractivity contribution is 0.0988. The molecule has 0 saturated heterocycles. The van der Waals surface area contributed by atoms with Crippen LogP contribution in [-0.2, 0) is 6.42 Å². The van der Waals surface area contributed by atoms with Crippen LogP contribution in [0.15, 0.2) is 54.7 Å². The van der Waals surface area contributed by atoms with Crippen LogP contribution in [0, 0.1) is 17.1 Å². The molecule has 168 valence electrons. The van der Waals surface area contributed by atoms with E-state index in [1.54, 1.807) is 30.3 Å². The zero-order valence-electron chi connectivity index (χ0n) is 17.5. The van der Waals surface area contributed by atoms with Gasteiger partial charge in [0.05, 0.1) is 10.6 Å². The van der Waals surface area contributed by atoms with E-state index in [-0.39, 0.29) is 29.3 Å². The number of Topliss-reactive ketones (excluding diaryl/α,β-unsaturated/α-hetero) is 1. The van der Waals surface area contributed by atoms with E-state index in [1.807, 2.05) is 0 Å². The molecule has 0 spiro atoms. The van der Waals surface area contributed by atoms with E-state index in [0.717, 1.165) is 19.3 Å². The number of anilines is 1. The van der Waals surface area contributed by atoms with Gasteiger partial charge in [0.15, 0.2) is 5.78 Å².